The zero-order valence-electron chi connectivity index (χ0n) is 12.6. The number of hydrogen-bond acceptors (Lipinski definition) is 6. The Morgan fingerprint density at radius 3 is 2.46 bits per heavy atom. The highest BCUT2D eigenvalue weighted by Gasteiger charge is 2.39. The van der Waals surface area contributed by atoms with E-state index in [9.17, 15) is 38.7 Å². The molecule has 11 heteroatoms. The highest BCUT2D eigenvalue weighted by atomic mass is 19.4. The first-order valence-corrected chi connectivity index (χ1v) is 6.67. The number of aromatic hydroxyl groups is 2. The Balaban J connectivity index is 2.55. The molecule has 1 heterocycles. The first-order valence-electron chi connectivity index (χ1n) is 6.67. The van der Waals surface area contributed by atoms with E-state index in [1.165, 1.54) is 0 Å². The van der Waals surface area contributed by atoms with Crippen LogP contribution >= 0.6 is 0 Å². The van der Waals surface area contributed by atoms with Crippen LogP contribution in [0.15, 0.2) is 30.5 Å². The second-order valence-electron chi connectivity index (χ2n) is 4.96. The number of alkyl halides is 3. The van der Waals surface area contributed by atoms with Crippen molar-refractivity contribution in [2.75, 3.05) is 0 Å². The Morgan fingerprint density at radius 1 is 1.31 bits per heavy atom. The minimum absolute atomic E-state index is 0.0825. The number of nitro benzene ring substituents is 1. The lowest BCUT2D eigenvalue weighted by Gasteiger charge is -2.08. The van der Waals surface area contributed by atoms with Gasteiger partial charge in [0.05, 0.1) is 16.1 Å². The minimum atomic E-state index is -4.87. The lowest BCUT2D eigenvalue weighted by atomic mass is 10.0. The summed E-state index contributed by atoms with van der Waals surface area (Å²) in [5.74, 6) is -1.80. The molecule has 0 aliphatic rings. The minimum Gasteiger partial charge on any atom is -0.618 e. The fraction of sp³-hybridized carbons (Fsp3) is 0.0667. The van der Waals surface area contributed by atoms with E-state index in [-0.39, 0.29) is 16.7 Å². The van der Waals surface area contributed by atoms with Gasteiger partial charge < -0.3 is 15.4 Å². The molecule has 0 radical (unpaired) electrons. The van der Waals surface area contributed by atoms with Crippen LogP contribution in [0.25, 0.3) is 11.6 Å². The van der Waals surface area contributed by atoms with Crippen molar-refractivity contribution in [1.82, 2.24) is 0 Å². The fourth-order valence-electron chi connectivity index (χ4n) is 2.05. The first kappa shape index (κ1) is 18.5. The van der Waals surface area contributed by atoms with Gasteiger partial charge in [0.1, 0.15) is 6.07 Å². The highest BCUT2D eigenvalue weighted by Crippen LogP contribution is 2.37. The molecular formula is C15H8F3N3O5. The zero-order chi connectivity index (χ0) is 19.6. The van der Waals surface area contributed by atoms with Crippen LogP contribution in [-0.2, 0) is 6.18 Å². The number of rotatable bonds is 3. The van der Waals surface area contributed by atoms with Gasteiger partial charge in [0, 0.05) is 12.1 Å². The number of hydrogen-bond donors (Lipinski definition) is 2. The van der Waals surface area contributed by atoms with Crippen molar-refractivity contribution in [2.24, 2.45) is 0 Å². The van der Waals surface area contributed by atoms with E-state index < -0.39 is 38.7 Å². The number of nitro groups is 1. The van der Waals surface area contributed by atoms with Gasteiger partial charge in [-0.3, -0.25) is 10.1 Å². The Kier molecular flexibility index (Phi) is 4.70. The van der Waals surface area contributed by atoms with Crippen molar-refractivity contribution < 1.29 is 33.0 Å². The topological polar surface area (TPSA) is 134 Å². The molecule has 0 saturated carbocycles. The molecular weight excluding hydrogens is 359 g/mol. The molecule has 0 aliphatic heterocycles. The number of benzene rings is 1. The second kappa shape index (κ2) is 6.60. The van der Waals surface area contributed by atoms with Crippen LogP contribution in [0.3, 0.4) is 0 Å². The monoisotopic (exact) mass is 367 g/mol. The third kappa shape index (κ3) is 3.64. The Labute approximate surface area is 143 Å². The van der Waals surface area contributed by atoms with E-state index in [2.05, 4.69) is 0 Å². The first-order chi connectivity index (χ1) is 12.0. The summed E-state index contributed by atoms with van der Waals surface area (Å²) in [6, 6.07) is 4.79. The molecule has 0 saturated heterocycles. The maximum Gasteiger partial charge on any atom is 0.478 e. The average molecular weight is 367 g/mol. The van der Waals surface area contributed by atoms with Gasteiger partial charge in [0.2, 0.25) is 5.75 Å². The van der Waals surface area contributed by atoms with E-state index in [0.29, 0.717) is 12.3 Å². The molecule has 0 atom stereocenters. The van der Waals surface area contributed by atoms with Gasteiger partial charge in [-0.15, -0.1) is 0 Å². The normalized spacial score (nSPS) is 11.8. The van der Waals surface area contributed by atoms with Gasteiger partial charge in [-0.05, 0) is 23.8 Å². The van der Waals surface area contributed by atoms with Crippen molar-refractivity contribution in [3.63, 3.8) is 0 Å². The third-order valence-electron chi connectivity index (χ3n) is 3.24. The van der Waals surface area contributed by atoms with Crippen molar-refractivity contribution in [2.45, 2.75) is 6.18 Å². The van der Waals surface area contributed by atoms with Gasteiger partial charge >= 0.3 is 11.9 Å². The molecule has 0 unspecified atom stereocenters. The maximum atomic E-state index is 12.6. The molecule has 134 valence electrons. The third-order valence-corrected chi connectivity index (χ3v) is 3.24. The highest BCUT2D eigenvalue weighted by molar-refractivity contribution is 5.90. The molecule has 0 aliphatic carbocycles. The second-order valence-corrected chi connectivity index (χ2v) is 4.96. The summed E-state index contributed by atoms with van der Waals surface area (Å²) in [6.07, 6.45) is -3.33. The number of allylic oxidation sites excluding steroid dienone is 1. The van der Waals surface area contributed by atoms with Crippen LogP contribution < -0.4 is 4.73 Å². The number of phenols is 2. The summed E-state index contributed by atoms with van der Waals surface area (Å²) in [5, 5.41) is 50.4. The molecule has 0 spiro atoms. The number of phenolic OH excluding ortho intramolecular Hbond substituents is 2. The van der Waals surface area contributed by atoms with E-state index in [0.717, 1.165) is 24.3 Å². The molecule has 2 rings (SSSR count). The van der Waals surface area contributed by atoms with Crippen LogP contribution in [0.4, 0.5) is 18.9 Å². The average Bonchev–Trinajstić information content (AvgIpc) is 2.54. The van der Waals surface area contributed by atoms with Crippen molar-refractivity contribution in [3.05, 3.63) is 62.6 Å². The lowest BCUT2D eigenvalue weighted by Crippen LogP contribution is -2.36. The van der Waals surface area contributed by atoms with Crippen molar-refractivity contribution in [3.8, 4) is 17.6 Å². The maximum absolute atomic E-state index is 12.6. The number of pyridine rings is 1. The number of nitriles is 1. The molecule has 8 nitrogen and oxygen atoms in total. The predicted octanol–water partition coefficient (Wildman–Crippen LogP) is 2.72. The van der Waals surface area contributed by atoms with Gasteiger partial charge in [-0.25, -0.2) is 0 Å². The number of nitrogens with zero attached hydrogens (tertiary/aromatic N) is 3. The summed E-state index contributed by atoms with van der Waals surface area (Å²) in [6.45, 7) is 0. The largest absolute Gasteiger partial charge is 0.618 e. The van der Waals surface area contributed by atoms with Crippen molar-refractivity contribution >= 4 is 17.3 Å². The Morgan fingerprint density at radius 2 is 1.96 bits per heavy atom. The SMILES string of the molecule is N#CC(=Cc1cc(O)c(O)c([N+](=O)[O-])c1)c1ccc(C(F)(F)F)[n+]([O-])c1. The van der Waals surface area contributed by atoms with Crippen LogP contribution in [-0.4, -0.2) is 15.1 Å². The van der Waals surface area contributed by atoms with E-state index in [1.54, 1.807) is 6.07 Å². The van der Waals surface area contributed by atoms with Gasteiger partial charge in [-0.1, -0.05) is 0 Å². The quantitative estimate of drug-likeness (QED) is 0.214. The molecule has 0 bridgehead atoms. The van der Waals surface area contributed by atoms with E-state index >= 15 is 0 Å². The molecule has 1 aromatic carbocycles. The standard InChI is InChI=1S/C15H8F3N3O5/c16-15(17,18)13-2-1-9(7-20(13)24)10(6-19)3-8-4-11(21(25)26)14(23)12(22)5-8/h1-5,7,22-23H. The lowest BCUT2D eigenvalue weighted by molar-refractivity contribution is -0.629. The number of aromatic nitrogens is 1. The summed E-state index contributed by atoms with van der Waals surface area (Å²) >= 11 is 0. The Hall–Kier alpha value is -3.81. The fourth-order valence-corrected chi connectivity index (χ4v) is 2.05. The molecule has 0 amide bonds. The molecule has 0 fully saturated rings. The van der Waals surface area contributed by atoms with E-state index in [4.69, 9.17) is 5.26 Å². The van der Waals surface area contributed by atoms with Crippen LogP contribution in [0.5, 0.6) is 11.5 Å². The summed E-state index contributed by atoms with van der Waals surface area (Å²) < 4.78 is 37.3. The smallest absolute Gasteiger partial charge is 0.478 e. The molecule has 2 aromatic rings. The number of halogens is 3. The summed E-state index contributed by atoms with van der Waals surface area (Å²) in [5.41, 5.74) is -2.86. The van der Waals surface area contributed by atoms with Crippen LogP contribution in [0.1, 0.15) is 16.8 Å². The molecule has 2 N–H and O–H groups in total. The van der Waals surface area contributed by atoms with Crippen molar-refractivity contribution in [1.29, 1.82) is 5.26 Å². The summed E-state index contributed by atoms with van der Waals surface area (Å²) in [4.78, 5) is 9.86. The van der Waals surface area contributed by atoms with Gasteiger partial charge in [-0.2, -0.15) is 23.2 Å². The van der Waals surface area contributed by atoms with Gasteiger partial charge in [0.15, 0.2) is 11.9 Å². The molecule has 26 heavy (non-hydrogen) atoms. The zero-order valence-corrected chi connectivity index (χ0v) is 12.6. The predicted molar refractivity (Wildman–Crippen MR) is 80.3 cm³/mol. The van der Waals surface area contributed by atoms with E-state index in [1.807, 2.05) is 0 Å². The van der Waals surface area contributed by atoms with Crippen LogP contribution in [0.2, 0.25) is 0 Å². The van der Waals surface area contributed by atoms with Crippen LogP contribution in [0, 0.1) is 26.7 Å². The summed E-state index contributed by atoms with van der Waals surface area (Å²) in [7, 11) is 0. The Bertz CT molecular complexity index is 964. The van der Waals surface area contributed by atoms with Gasteiger partial charge in [0.25, 0.3) is 5.69 Å². The molecule has 1 aromatic heterocycles.